The Bertz CT molecular complexity index is 1040. The summed E-state index contributed by atoms with van der Waals surface area (Å²) in [5.74, 6) is -0.496. The van der Waals surface area contributed by atoms with Gasteiger partial charge in [-0.05, 0) is 70.6 Å². The Labute approximate surface area is 191 Å². The maximum Gasteiger partial charge on any atom is 0.226 e. The van der Waals surface area contributed by atoms with Crippen LogP contribution in [-0.2, 0) is 4.79 Å². The van der Waals surface area contributed by atoms with Gasteiger partial charge in [-0.2, -0.15) is 0 Å². The number of pyridine rings is 1. The number of nitrogens with zero attached hydrogens (tertiary/aromatic N) is 2. The molecule has 0 bridgehead atoms. The van der Waals surface area contributed by atoms with Crippen LogP contribution in [0.15, 0.2) is 64.6 Å². The van der Waals surface area contributed by atoms with Crippen molar-refractivity contribution in [2.24, 2.45) is 0 Å². The summed E-state index contributed by atoms with van der Waals surface area (Å²) in [6.45, 7) is 0.447. The molecule has 1 aliphatic rings. The molecule has 154 valence electrons. The molecule has 1 aliphatic heterocycles. The second-order valence-corrected chi connectivity index (χ2v) is 9.04. The van der Waals surface area contributed by atoms with Gasteiger partial charge in [0.2, 0.25) is 5.91 Å². The Kier molecular flexibility index (Phi) is 6.40. The summed E-state index contributed by atoms with van der Waals surface area (Å²) in [4.78, 5) is 20.1. The van der Waals surface area contributed by atoms with Gasteiger partial charge in [0.05, 0.1) is 17.8 Å². The topological polar surface area (TPSA) is 57.3 Å². The normalized spacial score (nSPS) is 18.3. The van der Waals surface area contributed by atoms with E-state index in [1.165, 1.54) is 12.1 Å². The molecule has 1 aromatic carbocycles. The molecule has 0 unspecified atom stereocenters. The third kappa shape index (κ3) is 4.69. The number of hydrogen-bond donors (Lipinski definition) is 2. The molecule has 9 heteroatoms. The molecule has 1 amide bonds. The standard InChI is InChI=1S/C21H18BrFN4OS2/c22-13-11-17(30-12-13)20-19(16-3-1-2-9-24-16)26-21(29)27(20)10-8-18(28)25-15-6-4-14(23)5-7-15/h1-7,9,11-12,19-20H,8,10H2,(H,25,28)(H,26,29)/t19-,20-/m1/s1. The number of benzene rings is 1. The van der Waals surface area contributed by atoms with E-state index < -0.39 is 0 Å². The number of carbonyl (C=O) groups is 1. The Morgan fingerprint density at radius 1 is 1.30 bits per heavy atom. The van der Waals surface area contributed by atoms with Crippen molar-refractivity contribution in [2.45, 2.75) is 18.5 Å². The van der Waals surface area contributed by atoms with Crippen molar-refractivity contribution in [2.75, 3.05) is 11.9 Å². The zero-order chi connectivity index (χ0) is 21.1. The van der Waals surface area contributed by atoms with E-state index in [2.05, 4.69) is 37.6 Å². The van der Waals surface area contributed by atoms with Gasteiger partial charge in [0.15, 0.2) is 5.11 Å². The van der Waals surface area contributed by atoms with Crippen LogP contribution in [0.2, 0.25) is 0 Å². The minimum absolute atomic E-state index is 0.0673. The van der Waals surface area contributed by atoms with Gasteiger partial charge in [-0.25, -0.2) is 4.39 Å². The largest absolute Gasteiger partial charge is 0.352 e. The van der Waals surface area contributed by atoms with E-state index in [0.717, 1.165) is 15.0 Å². The summed E-state index contributed by atoms with van der Waals surface area (Å²) in [6, 6.07) is 13.4. The number of aromatic nitrogens is 1. The fraction of sp³-hybridized carbons (Fsp3) is 0.190. The molecular weight excluding hydrogens is 487 g/mol. The Balaban J connectivity index is 1.51. The van der Waals surface area contributed by atoms with E-state index in [0.29, 0.717) is 17.3 Å². The number of hydrogen-bond acceptors (Lipinski definition) is 4. The first-order valence-corrected chi connectivity index (χ1v) is 11.4. The second kappa shape index (κ2) is 9.20. The highest BCUT2D eigenvalue weighted by atomic mass is 79.9. The highest BCUT2D eigenvalue weighted by Crippen LogP contribution is 2.41. The smallest absolute Gasteiger partial charge is 0.226 e. The Hall–Kier alpha value is -2.36. The van der Waals surface area contributed by atoms with Crippen molar-refractivity contribution in [1.29, 1.82) is 0 Å². The minimum Gasteiger partial charge on any atom is -0.352 e. The predicted molar refractivity (Wildman–Crippen MR) is 124 cm³/mol. The van der Waals surface area contributed by atoms with Crippen LogP contribution < -0.4 is 10.6 Å². The first-order chi connectivity index (χ1) is 14.5. The average molecular weight is 505 g/mol. The summed E-state index contributed by atoms with van der Waals surface area (Å²) in [5, 5.41) is 8.79. The Morgan fingerprint density at radius 3 is 2.77 bits per heavy atom. The summed E-state index contributed by atoms with van der Waals surface area (Å²) < 4.78 is 14.1. The maximum absolute atomic E-state index is 13.1. The van der Waals surface area contributed by atoms with Crippen molar-refractivity contribution >= 4 is 56.2 Å². The quantitative estimate of drug-likeness (QED) is 0.460. The molecule has 2 atom stereocenters. The van der Waals surface area contributed by atoms with Crippen LogP contribution in [0.3, 0.4) is 0 Å². The fourth-order valence-electron chi connectivity index (χ4n) is 3.42. The van der Waals surface area contributed by atoms with E-state index in [9.17, 15) is 9.18 Å². The molecular formula is C21H18BrFN4OS2. The van der Waals surface area contributed by atoms with E-state index in [4.69, 9.17) is 12.2 Å². The third-order valence-corrected chi connectivity index (χ3v) is 6.90. The van der Waals surface area contributed by atoms with E-state index in [1.54, 1.807) is 29.7 Å². The number of halogens is 2. The summed E-state index contributed by atoms with van der Waals surface area (Å²) >= 11 is 10.8. The molecule has 5 nitrogen and oxygen atoms in total. The van der Waals surface area contributed by atoms with Gasteiger partial charge in [0, 0.05) is 39.6 Å². The predicted octanol–water partition coefficient (Wildman–Crippen LogP) is 5.05. The molecule has 0 spiro atoms. The van der Waals surface area contributed by atoms with E-state index >= 15 is 0 Å². The fourth-order valence-corrected chi connectivity index (χ4v) is 5.34. The van der Waals surface area contributed by atoms with Crippen LogP contribution in [0.25, 0.3) is 0 Å². The summed E-state index contributed by atoms with van der Waals surface area (Å²) in [5.41, 5.74) is 1.46. The first-order valence-electron chi connectivity index (χ1n) is 9.28. The van der Waals surface area contributed by atoms with Gasteiger partial charge in [-0.3, -0.25) is 9.78 Å². The van der Waals surface area contributed by atoms with Gasteiger partial charge in [-0.1, -0.05) is 6.07 Å². The van der Waals surface area contributed by atoms with Crippen LogP contribution in [0.5, 0.6) is 0 Å². The minimum atomic E-state index is -0.341. The maximum atomic E-state index is 13.1. The van der Waals surface area contributed by atoms with Crippen molar-refractivity contribution < 1.29 is 9.18 Å². The number of thiophene rings is 1. The van der Waals surface area contributed by atoms with Crippen molar-refractivity contribution in [3.8, 4) is 0 Å². The lowest BCUT2D eigenvalue weighted by molar-refractivity contribution is -0.116. The number of thiocarbonyl (C=S) groups is 1. The zero-order valence-corrected chi connectivity index (χ0v) is 18.9. The number of amides is 1. The monoisotopic (exact) mass is 504 g/mol. The summed E-state index contributed by atoms with van der Waals surface area (Å²) in [6.07, 6.45) is 2.01. The van der Waals surface area contributed by atoms with Crippen LogP contribution in [0, 0.1) is 5.82 Å². The lowest BCUT2D eigenvalue weighted by atomic mass is 10.0. The first kappa shape index (κ1) is 20.9. The molecule has 4 rings (SSSR count). The number of nitrogens with one attached hydrogen (secondary N) is 2. The molecule has 0 saturated carbocycles. The number of rotatable bonds is 6. The molecule has 1 fully saturated rings. The van der Waals surface area contributed by atoms with Crippen molar-refractivity contribution in [3.63, 3.8) is 0 Å². The molecule has 3 heterocycles. The highest BCUT2D eigenvalue weighted by molar-refractivity contribution is 9.10. The van der Waals surface area contributed by atoms with Gasteiger partial charge >= 0.3 is 0 Å². The molecule has 2 N–H and O–H groups in total. The van der Waals surface area contributed by atoms with E-state index in [1.807, 2.05) is 28.5 Å². The van der Waals surface area contributed by atoms with Crippen LogP contribution in [-0.4, -0.2) is 27.4 Å². The summed E-state index contributed by atoms with van der Waals surface area (Å²) in [7, 11) is 0. The van der Waals surface area contributed by atoms with Crippen molar-refractivity contribution in [3.05, 3.63) is 81.0 Å². The third-order valence-electron chi connectivity index (χ3n) is 4.78. The molecule has 0 radical (unpaired) electrons. The SMILES string of the molecule is O=C(CCN1C(=S)N[C@H](c2ccccn2)[C@H]1c1cc(Br)cs1)Nc1ccc(F)cc1. The van der Waals surface area contributed by atoms with Gasteiger partial charge < -0.3 is 15.5 Å². The van der Waals surface area contributed by atoms with Crippen LogP contribution >= 0.6 is 39.5 Å². The zero-order valence-electron chi connectivity index (χ0n) is 15.7. The molecule has 2 aromatic heterocycles. The molecule has 0 aliphatic carbocycles. The van der Waals surface area contributed by atoms with Gasteiger partial charge in [0.1, 0.15) is 5.82 Å². The lowest BCUT2D eigenvalue weighted by Gasteiger charge is -2.26. The van der Waals surface area contributed by atoms with E-state index in [-0.39, 0.29) is 30.2 Å². The van der Waals surface area contributed by atoms with Gasteiger partial charge in [-0.15, -0.1) is 11.3 Å². The molecule has 3 aromatic rings. The lowest BCUT2D eigenvalue weighted by Crippen LogP contribution is -2.32. The highest BCUT2D eigenvalue weighted by Gasteiger charge is 2.40. The number of anilines is 1. The number of carbonyl (C=O) groups excluding carboxylic acids is 1. The molecule has 30 heavy (non-hydrogen) atoms. The van der Waals surface area contributed by atoms with Crippen LogP contribution in [0.4, 0.5) is 10.1 Å². The van der Waals surface area contributed by atoms with Crippen LogP contribution in [0.1, 0.15) is 29.1 Å². The molecule has 1 saturated heterocycles. The van der Waals surface area contributed by atoms with Crippen molar-refractivity contribution in [1.82, 2.24) is 15.2 Å². The Morgan fingerprint density at radius 2 is 2.10 bits per heavy atom. The second-order valence-electron chi connectivity index (χ2n) is 6.79. The van der Waals surface area contributed by atoms with Gasteiger partial charge in [0.25, 0.3) is 0 Å². The average Bonchev–Trinajstić information content (AvgIpc) is 3.31.